The predicted molar refractivity (Wildman–Crippen MR) is 81.5 cm³/mol. The van der Waals surface area contributed by atoms with E-state index in [1.165, 1.54) is 0 Å². The lowest BCUT2D eigenvalue weighted by Gasteiger charge is -2.21. The number of benzene rings is 1. The molecule has 1 atom stereocenters. The number of nitrogens with zero attached hydrogens (tertiary/aromatic N) is 1. The maximum absolute atomic E-state index is 12.3. The fourth-order valence-electron chi connectivity index (χ4n) is 2.62. The van der Waals surface area contributed by atoms with Crippen molar-refractivity contribution in [2.24, 2.45) is 5.41 Å². The van der Waals surface area contributed by atoms with Crippen molar-refractivity contribution >= 4 is 17.7 Å². The van der Waals surface area contributed by atoms with Crippen molar-refractivity contribution in [3.63, 3.8) is 0 Å². The van der Waals surface area contributed by atoms with E-state index in [9.17, 15) is 14.7 Å². The van der Waals surface area contributed by atoms with Crippen LogP contribution >= 0.6 is 0 Å². The summed E-state index contributed by atoms with van der Waals surface area (Å²) in [7, 11) is 0. The summed E-state index contributed by atoms with van der Waals surface area (Å²) in [4.78, 5) is 25.1. The van der Waals surface area contributed by atoms with Crippen LogP contribution < -0.4 is 5.32 Å². The minimum atomic E-state index is -0.847. The number of carbonyl (C=O) groups is 2. The highest BCUT2D eigenvalue weighted by molar-refractivity contribution is 5.91. The molecule has 1 aliphatic heterocycles. The zero-order chi connectivity index (χ0) is 15.6. The summed E-state index contributed by atoms with van der Waals surface area (Å²) in [6.45, 7) is 6.55. The van der Waals surface area contributed by atoms with Gasteiger partial charge in [-0.1, -0.05) is 32.0 Å². The van der Waals surface area contributed by atoms with Gasteiger partial charge in [-0.15, -0.1) is 0 Å². The summed E-state index contributed by atoms with van der Waals surface area (Å²) >= 11 is 0. The van der Waals surface area contributed by atoms with E-state index < -0.39 is 11.4 Å². The summed E-state index contributed by atoms with van der Waals surface area (Å²) in [6.07, 6.45) is 0.488. The molecule has 2 N–H and O–H groups in total. The lowest BCUT2D eigenvalue weighted by Crippen LogP contribution is -2.37. The standard InChI is InChI=1S/C16H22N2O3/c1-11(2)12-6-4-5-7-13(12)17-15(21)18-9-8-16(3,10-18)14(19)20/h4-7,11H,8-10H2,1-3H3,(H,17,21)(H,19,20). The van der Waals surface area contributed by atoms with Crippen molar-refractivity contribution < 1.29 is 14.7 Å². The summed E-state index contributed by atoms with van der Waals surface area (Å²) < 4.78 is 0. The van der Waals surface area contributed by atoms with Gasteiger partial charge in [0, 0.05) is 18.8 Å². The van der Waals surface area contributed by atoms with E-state index in [1.807, 2.05) is 24.3 Å². The van der Waals surface area contributed by atoms with Crippen LogP contribution in [-0.2, 0) is 4.79 Å². The van der Waals surface area contributed by atoms with Crippen LogP contribution in [0.25, 0.3) is 0 Å². The largest absolute Gasteiger partial charge is 0.481 e. The Labute approximate surface area is 125 Å². The van der Waals surface area contributed by atoms with Gasteiger partial charge in [-0.05, 0) is 30.9 Å². The number of hydrogen-bond donors (Lipinski definition) is 2. The summed E-state index contributed by atoms with van der Waals surface area (Å²) in [5.74, 6) is -0.537. The molecule has 0 aromatic heterocycles. The van der Waals surface area contributed by atoms with Gasteiger partial charge >= 0.3 is 12.0 Å². The Morgan fingerprint density at radius 3 is 2.57 bits per heavy atom. The Kier molecular flexibility index (Phi) is 4.21. The third-order valence-electron chi connectivity index (χ3n) is 4.10. The van der Waals surface area contributed by atoms with E-state index in [-0.39, 0.29) is 12.6 Å². The lowest BCUT2D eigenvalue weighted by molar-refractivity contribution is -0.146. The number of rotatable bonds is 3. The zero-order valence-electron chi connectivity index (χ0n) is 12.7. The lowest BCUT2D eigenvalue weighted by atomic mass is 9.90. The Balaban J connectivity index is 2.08. The number of amides is 2. The minimum absolute atomic E-state index is 0.229. The van der Waals surface area contributed by atoms with Gasteiger partial charge in [-0.2, -0.15) is 0 Å². The van der Waals surface area contributed by atoms with Gasteiger partial charge in [0.05, 0.1) is 5.41 Å². The Morgan fingerprint density at radius 2 is 2.00 bits per heavy atom. The maximum Gasteiger partial charge on any atom is 0.321 e. The first-order valence-electron chi connectivity index (χ1n) is 7.22. The molecular weight excluding hydrogens is 268 g/mol. The number of anilines is 1. The second-order valence-electron chi connectivity index (χ2n) is 6.21. The Hall–Kier alpha value is -2.04. The summed E-state index contributed by atoms with van der Waals surface area (Å²) in [6, 6.07) is 7.47. The number of likely N-dealkylation sites (tertiary alicyclic amines) is 1. The average Bonchev–Trinajstić information content (AvgIpc) is 2.83. The molecule has 1 heterocycles. The zero-order valence-corrected chi connectivity index (χ0v) is 12.7. The number of carboxylic acid groups (broad SMARTS) is 1. The summed E-state index contributed by atoms with van der Waals surface area (Å²) in [5, 5.41) is 12.1. The highest BCUT2D eigenvalue weighted by Crippen LogP contribution is 2.31. The van der Waals surface area contributed by atoms with Gasteiger partial charge in [-0.25, -0.2) is 4.79 Å². The second-order valence-corrected chi connectivity index (χ2v) is 6.21. The van der Waals surface area contributed by atoms with Crippen LogP contribution in [0.4, 0.5) is 10.5 Å². The quantitative estimate of drug-likeness (QED) is 0.898. The molecule has 1 aromatic rings. The van der Waals surface area contributed by atoms with Gasteiger partial charge in [-0.3, -0.25) is 4.79 Å². The first-order chi connectivity index (χ1) is 9.83. The first kappa shape index (κ1) is 15.4. The van der Waals surface area contributed by atoms with Crippen LogP contribution in [0.5, 0.6) is 0 Å². The van der Waals surface area contributed by atoms with Crippen molar-refractivity contribution in [3.05, 3.63) is 29.8 Å². The molecule has 0 aliphatic carbocycles. The van der Waals surface area contributed by atoms with Crippen molar-refractivity contribution in [2.75, 3.05) is 18.4 Å². The smallest absolute Gasteiger partial charge is 0.321 e. The molecule has 5 nitrogen and oxygen atoms in total. The van der Waals surface area contributed by atoms with Crippen LogP contribution in [-0.4, -0.2) is 35.1 Å². The SMILES string of the molecule is CC(C)c1ccccc1NC(=O)N1CCC(C)(C(=O)O)C1. The molecule has 0 saturated carbocycles. The van der Waals surface area contributed by atoms with E-state index in [2.05, 4.69) is 19.2 Å². The molecule has 1 aliphatic rings. The molecule has 1 unspecified atom stereocenters. The number of carbonyl (C=O) groups excluding carboxylic acids is 1. The maximum atomic E-state index is 12.3. The number of para-hydroxylation sites is 1. The molecule has 2 amide bonds. The average molecular weight is 290 g/mol. The third kappa shape index (κ3) is 3.17. The van der Waals surface area contributed by atoms with Crippen molar-refractivity contribution in [3.8, 4) is 0 Å². The first-order valence-corrected chi connectivity index (χ1v) is 7.22. The van der Waals surface area contributed by atoms with Crippen molar-refractivity contribution in [1.82, 2.24) is 4.90 Å². The van der Waals surface area contributed by atoms with Crippen LogP contribution in [0, 0.1) is 5.41 Å². The molecule has 2 rings (SSSR count). The van der Waals surface area contributed by atoms with Crippen LogP contribution in [0.2, 0.25) is 0 Å². The summed E-state index contributed by atoms with van der Waals surface area (Å²) in [5.41, 5.74) is 1.03. The number of nitrogens with one attached hydrogen (secondary N) is 1. The molecule has 21 heavy (non-hydrogen) atoms. The number of hydrogen-bond acceptors (Lipinski definition) is 2. The van der Waals surface area contributed by atoms with Crippen LogP contribution in [0.3, 0.4) is 0 Å². The van der Waals surface area contributed by atoms with E-state index in [0.29, 0.717) is 18.9 Å². The fourth-order valence-corrected chi connectivity index (χ4v) is 2.62. The second kappa shape index (κ2) is 5.76. The number of urea groups is 1. The monoisotopic (exact) mass is 290 g/mol. The van der Waals surface area contributed by atoms with Crippen molar-refractivity contribution in [2.45, 2.75) is 33.1 Å². The van der Waals surface area contributed by atoms with E-state index >= 15 is 0 Å². The fraction of sp³-hybridized carbons (Fsp3) is 0.500. The molecule has 0 spiro atoms. The Bertz CT molecular complexity index is 556. The predicted octanol–water partition coefficient (Wildman–Crippen LogP) is 3.14. The Morgan fingerprint density at radius 1 is 1.33 bits per heavy atom. The number of aliphatic carboxylic acids is 1. The number of carboxylic acids is 1. The topological polar surface area (TPSA) is 69.6 Å². The molecule has 0 radical (unpaired) electrons. The molecule has 5 heteroatoms. The van der Waals surface area contributed by atoms with Crippen LogP contribution in [0.1, 0.15) is 38.7 Å². The highest BCUT2D eigenvalue weighted by Gasteiger charge is 2.42. The third-order valence-corrected chi connectivity index (χ3v) is 4.10. The van der Waals surface area contributed by atoms with Gasteiger partial charge in [0.2, 0.25) is 0 Å². The van der Waals surface area contributed by atoms with Crippen molar-refractivity contribution in [1.29, 1.82) is 0 Å². The van der Waals surface area contributed by atoms with E-state index in [0.717, 1.165) is 11.3 Å². The van der Waals surface area contributed by atoms with Gasteiger partial charge in [0.1, 0.15) is 0 Å². The molecule has 0 bridgehead atoms. The highest BCUT2D eigenvalue weighted by atomic mass is 16.4. The molecule has 1 aromatic carbocycles. The molecule has 1 saturated heterocycles. The minimum Gasteiger partial charge on any atom is -0.481 e. The van der Waals surface area contributed by atoms with Gasteiger partial charge < -0.3 is 15.3 Å². The molecular formula is C16H22N2O3. The van der Waals surface area contributed by atoms with E-state index in [4.69, 9.17) is 0 Å². The molecule has 114 valence electrons. The normalized spacial score (nSPS) is 21.6. The van der Waals surface area contributed by atoms with Crippen LogP contribution in [0.15, 0.2) is 24.3 Å². The van der Waals surface area contributed by atoms with E-state index in [1.54, 1.807) is 11.8 Å². The van der Waals surface area contributed by atoms with Gasteiger partial charge in [0.25, 0.3) is 0 Å². The van der Waals surface area contributed by atoms with Gasteiger partial charge in [0.15, 0.2) is 0 Å². The molecule has 1 fully saturated rings.